The van der Waals surface area contributed by atoms with Gasteiger partial charge in [0.05, 0.1) is 0 Å². The number of nitrogens with one attached hydrogen (secondary N) is 1. The first-order valence-electron chi connectivity index (χ1n) is 6.84. The number of rotatable bonds is 13. The molecule has 0 aliphatic rings. The molecule has 98 valence electrons. The molecule has 0 saturated heterocycles. The van der Waals surface area contributed by atoms with Crippen molar-refractivity contribution in [2.24, 2.45) is 0 Å². The molecule has 0 radical (unpaired) electrons. The Balaban J connectivity index is 2.83. The van der Waals surface area contributed by atoms with Gasteiger partial charge in [0.25, 0.3) is 0 Å². The topological polar surface area (TPSA) is 52.5 Å². The first-order valence-corrected chi connectivity index (χ1v) is 6.84. The quantitative estimate of drug-likeness (QED) is 0.425. The molecule has 0 fully saturated rings. The molecule has 3 N–H and O–H groups in total. The molecule has 16 heavy (non-hydrogen) atoms. The highest BCUT2D eigenvalue weighted by atomic mass is 16.3. The van der Waals surface area contributed by atoms with Crippen LogP contribution in [0.15, 0.2) is 0 Å². The lowest BCUT2D eigenvalue weighted by atomic mass is 10.1. The van der Waals surface area contributed by atoms with Crippen molar-refractivity contribution < 1.29 is 10.2 Å². The zero-order valence-corrected chi connectivity index (χ0v) is 10.6. The summed E-state index contributed by atoms with van der Waals surface area (Å²) in [5.41, 5.74) is 0. The van der Waals surface area contributed by atoms with Gasteiger partial charge in [0, 0.05) is 13.2 Å². The Morgan fingerprint density at radius 2 is 0.875 bits per heavy atom. The lowest BCUT2D eigenvalue weighted by Gasteiger charge is -2.04. The summed E-state index contributed by atoms with van der Waals surface area (Å²) in [5, 5.41) is 20.6. The second-order valence-corrected chi connectivity index (χ2v) is 4.38. The standard InChI is InChI=1S/C13H29NO2/c15-12-8-4-2-1-3-6-10-14-11-7-5-9-13-16/h14-16H,1-13H2. The van der Waals surface area contributed by atoms with Gasteiger partial charge < -0.3 is 15.5 Å². The fourth-order valence-corrected chi connectivity index (χ4v) is 1.73. The molecule has 3 heteroatoms. The summed E-state index contributed by atoms with van der Waals surface area (Å²) in [7, 11) is 0. The van der Waals surface area contributed by atoms with E-state index in [4.69, 9.17) is 10.2 Å². The fraction of sp³-hybridized carbons (Fsp3) is 1.00. The Labute approximate surface area is 100 Å². The van der Waals surface area contributed by atoms with E-state index in [0.717, 1.165) is 32.4 Å². The van der Waals surface area contributed by atoms with Gasteiger partial charge in [-0.2, -0.15) is 0 Å². The van der Waals surface area contributed by atoms with Crippen LogP contribution >= 0.6 is 0 Å². The SMILES string of the molecule is OCCCCCCCCNCCCCCO. The van der Waals surface area contributed by atoms with Crippen LogP contribution < -0.4 is 5.32 Å². The Bertz CT molecular complexity index is 107. The van der Waals surface area contributed by atoms with Crippen molar-refractivity contribution in [3.63, 3.8) is 0 Å². The zero-order valence-electron chi connectivity index (χ0n) is 10.6. The van der Waals surface area contributed by atoms with Crippen LogP contribution in [-0.4, -0.2) is 36.5 Å². The molecule has 0 aromatic heterocycles. The molecule has 0 aromatic carbocycles. The largest absolute Gasteiger partial charge is 0.396 e. The van der Waals surface area contributed by atoms with Crippen LogP contribution in [0.1, 0.15) is 57.8 Å². The molecule has 0 heterocycles. The van der Waals surface area contributed by atoms with E-state index in [1.807, 2.05) is 0 Å². The van der Waals surface area contributed by atoms with E-state index in [1.54, 1.807) is 0 Å². The van der Waals surface area contributed by atoms with Crippen molar-refractivity contribution in [3.8, 4) is 0 Å². The van der Waals surface area contributed by atoms with E-state index in [0.29, 0.717) is 13.2 Å². The minimum absolute atomic E-state index is 0.327. The van der Waals surface area contributed by atoms with E-state index < -0.39 is 0 Å². The normalized spacial score (nSPS) is 10.9. The highest BCUT2D eigenvalue weighted by molar-refractivity contribution is 4.51. The van der Waals surface area contributed by atoms with Crippen molar-refractivity contribution in [1.82, 2.24) is 5.32 Å². The predicted molar refractivity (Wildman–Crippen MR) is 68.6 cm³/mol. The molecule has 0 rings (SSSR count). The molecule has 0 atom stereocenters. The summed E-state index contributed by atoms with van der Waals surface area (Å²) < 4.78 is 0. The van der Waals surface area contributed by atoms with Gasteiger partial charge >= 0.3 is 0 Å². The van der Waals surface area contributed by atoms with Gasteiger partial charge in [-0.05, 0) is 45.2 Å². The molecule has 0 saturated carbocycles. The summed E-state index contributed by atoms with van der Waals surface area (Å²) in [4.78, 5) is 0. The van der Waals surface area contributed by atoms with Gasteiger partial charge in [-0.25, -0.2) is 0 Å². The van der Waals surface area contributed by atoms with Gasteiger partial charge in [0.15, 0.2) is 0 Å². The Morgan fingerprint density at radius 1 is 0.500 bits per heavy atom. The maximum Gasteiger partial charge on any atom is 0.0431 e. The highest BCUT2D eigenvalue weighted by Crippen LogP contribution is 2.04. The van der Waals surface area contributed by atoms with Crippen LogP contribution in [0.5, 0.6) is 0 Å². The Kier molecular flexibility index (Phi) is 14.8. The number of hydrogen-bond donors (Lipinski definition) is 3. The molecule has 0 spiro atoms. The van der Waals surface area contributed by atoms with Crippen LogP contribution in [0.25, 0.3) is 0 Å². The number of aliphatic hydroxyl groups is 2. The average molecular weight is 231 g/mol. The van der Waals surface area contributed by atoms with Crippen LogP contribution in [0, 0.1) is 0 Å². The van der Waals surface area contributed by atoms with E-state index in [-0.39, 0.29) is 0 Å². The zero-order chi connectivity index (χ0) is 11.9. The molecule has 0 aromatic rings. The Hall–Kier alpha value is -0.120. The number of aliphatic hydroxyl groups excluding tert-OH is 2. The lowest BCUT2D eigenvalue weighted by molar-refractivity contribution is 0.282. The minimum Gasteiger partial charge on any atom is -0.396 e. The van der Waals surface area contributed by atoms with E-state index in [2.05, 4.69) is 5.32 Å². The first-order chi connectivity index (χ1) is 7.91. The first kappa shape index (κ1) is 15.9. The molecule has 0 aliphatic heterocycles. The molecule has 3 nitrogen and oxygen atoms in total. The van der Waals surface area contributed by atoms with Gasteiger partial charge in [-0.3, -0.25) is 0 Å². The van der Waals surface area contributed by atoms with E-state index in [9.17, 15) is 0 Å². The average Bonchev–Trinajstić information content (AvgIpc) is 2.31. The summed E-state index contributed by atoms with van der Waals surface area (Å²) in [6.45, 7) is 2.88. The molecule has 0 aliphatic carbocycles. The lowest BCUT2D eigenvalue weighted by Crippen LogP contribution is -2.16. The minimum atomic E-state index is 0.327. The Morgan fingerprint density at radius 3 is 1.38 bits per heavy atom. The molecule has 0 amide bonds. The molecule has 0 unspecified atom stereocenters. The second-order valence-electron chi connectivity index (χ2n) is 4.38. The monoisotopic (exact) mass is 231 g/mol. The molecular formula is C13H29NO2. The van der Waals surface area contributed by atoms with Crippen molar-refractivity contribution in [1.29, 1.82) is 0 Å². The smallest absolute Gasteiger partial charge is 0.0431 e. The van der Waals surface area contributed by atoms with Crippen molar-refractivity contribution >= 4 is 0 Å². The number of hydrogen-bond acceptors (Lipinski definition) is 3. The van der Waals surface area contributed by atoms with Gasteiger partial charge in [0.1, 0.15) is 0 Å². The maximum atomic E-state index is 8.60. The second kappa shape index (κ2) is 14.9. The summed E-state index contributed by atoms with van der Waals surface area (Å²) in [6.07, 6.45) is 10.5. The van der Waals surface area contributed by atoms with E-state index in [1.165, 1.54) is 38.5 Å². The highest BCUT2D eigenvalue weighted by Gasteiger charge is 1.92. The molecule has 0 bridgehead atoms. The summed E-state index contributed by atoms with van der Waals surface area (Å²) >= 11 is 0. The van der Waals surface area contributed by atoms with Crippen LogP contribution in [0.2, 0.25) is 0 Å². The number of unbranched alkanes of at least 4 members (excludes halogenated alkanes) is 7. The van der Waals surface area contributed by atoms with E-state index >= 15 is 0 Å². The predicted octanol–water partition coefficient (Wildman–Crippen LogP) is 2.07. The van der Waals surface area contributed by atoms with Crippen molar-refractivity contribution in [2.75, 3.05) is 26.3 Å². The van der Waals surface area contributed by atoms with Gasteiger partial charge in [-0.1, -0.05) is 25.7 Å². The van der Waals surface area contributed by atoms with Gasteiger partial charge in [-0.15, -0.1) is 0 Å². The van der Waals surface area contributed by atoms with Crippen molar-refractivity contribution in [2.45, 2.75) is 57.8 Å². The van der Waals surface area contributed by atoms with Crippen molar-refractivity contribution in [3.05, 3.63) is 0 Å². The van der Waals surface area contributed by atoms with Crippen LogP contribution in [-0.2, 0) is 0 Å². The summed E-state index contributed by atoms with van der Waals surface area (Å²) in [6, 6.07) is 0. The third-order valence-electron chi connectivity index (χ3n) is 2.77. The third kappa shape index (κ3) is 13.9. The fourth-order valence-electron chi connectivity index (χ4n) is 1.73. The third-order valence-corrected chi connectivity index (χ3v) is 2.77. The van der Waals surface area contributed by atoms with Crippen LogP contribution in [0.4, 0.5) is 0 Å². The molecular weight excluding hydrogens is 202 g/mol. The maximum absolute atomic E-state index is 8.60. The summed E-state index contributed by atoms with van der Waals surface area (Å²) in [5.74, 6) is 0. The van der Waals surface area contributed by atoms with Gasteiger partial charge in [0.2, 0.25) is 0 Å². The van der Waals surface area contributed by atoms with Crippen LogP contribution in [0.3, 0.4) is 0 Å².